The van der Waals surface area contributed by atoms with E-state index in [0.717, 1.165) is 11.6 Å². The molecule has 1 amide bonds. The van der Waals surface area contributed by atoms with E-state index in [1.54, 1.807) is 0 Å². The lowest BCUT2D eigenvalue weighted by atomic mass is 9.86. The van der Waals surface area contributed by atoms with Crippen LogP contribution < -0.4 is 5.32 Å². The van der Waals surface area contributed by atoms with Gasteiger partial charge in [0.05, 0.1) is 7.11 Å². The number of carbonyl (C=O) groups is 2. The topological polar surface area (TPSA) is 55.4 Å². The third-order valence-electron chi connectivity index (χ3n) is 4.14. The van der Waals surface area contributed by atoms with Gasteiger partial charge in [0, 0.05) is 12.0 Å². The molecular weight excluding hydrogens is 333 g/mol. The van der Waals surface area contributed by atoms with E-state index >= 15 is 0 Å². The number of rotatable bonds is 5. The molecule has 2 rings (SSSR count). The molecule has 0 unspecified atom stereocenters. The summed E-state index contributed by atoms with van der Waals surface area (Å²) in [5, 5.41) is 2.62. The number of nitrogens with one attached hydrogen (secondary N) is 1. The van der Waals surface area contributed by atoms with Crippen LogP contribution in [0.5, 0.6) is 0 Å². The van der Waals surface area contributed by atoms with Crippen molar-refractivity contribution in [3.8, 4) is 0 Å². The Balaban J connectivity index is 2.15. The molecule has 0 saturated carbocycles. The zero-order chi connectivity index (χ0) is 19.3. The van der Waals surface area contributed by atoms with E-state index in [2.05, 4.69) is 26.1 Å². The summed E-state index contributed by atoms with van der Waals surface area (Å²) in [4.78, 5) is 24.4. The lowest BCUT2D eigenvalue weighted by Crippen LogP contribution is -2.43. The van der Waals surface area contributed by atoms with Gasteiger partial charge in [0.15, 0.2) is 0 Å². The maximum atomic E-state index is 13.3. The van der Waals surface area contributed by atoms with Crippen molar-refractivity contribution in [1.29, 1.82) is 0 Å². The summed E-state index contributed by atoms with van der Waals surface area (Å²) in [6.07, 6.45) is 0.290. The van der Waals surface area contributed by atoms with Crippen molar-refractivity contribution in [3.05, 3.63) is 71.0 Å². The van der Waals surface area contributed by atoms with Gasteiger partial charge in [-0.2, -0.15) is 0 Å². The van der Waals surface area contributed by atoms with Gasteiger partial charge in [-0.1, -0.05) is 51.1 Å². The number of hydrogen-bond acceptors (Lipinski definition) is 3. The molecule has 1 atom stereocenters. The van der Waals surface area contributed by atoms with E-state index in [4.69, 9.17) is 4.74 Å². The highest BCUT2D eigenvalue weighted by atomic mass is 19.1. The van der Waals surface area contributed by atoms with Crippen molar-refractivity contribution < 1.29 is 18.7 Å². The monoisotopic (exact) mass is 357 g/mol. The minimum absolute atomic E-state index is 0.0336. The first-order valence-corrected chi connectivity index (χ1v) is 8.44. The Hall–Kier alpha value is -2.69. The van der Waals surface area contributed by atoms with Gasteiger partial charge in [0.1, 0.15) is 11.9 Å². The van der Waals surface area contributed by atoms with Crippen LogP contribution in [0.4, 0.5) is 4.39 Å². The fourth-order valence-corrected chi connectivity index (χ4v) is 2.58. The van der Waals surface area contributed by atoms with Crippen LogP contribution in [-0.4, -0.2) is 25.0 Å². The number of benzene rings is 2. The van der Waals surface area contributed by atoms with E-state index < -0.39 is 23.7 Å². The first kappa shape index (κ1) is 19.6. The second-order valence-corrected chi connectivity index (χ2v) is 7.21. The van der Waals surface area contributed by atoms with Crippen LogP contribution in [0, 0.1) is 5.82 Å². The zero-order valence-corrected chi connectivity index (χ0v) is 15.5. The van der Waals surface area contributed by atoms with Gasteiger partial charge in [-0.3, -0.25) is 4.79 Å². The fraction of sp³-hybridized carbons (Fsp3) is 0.333. The van der Waals surface area contributed by atoms with E-state index in [1.807, 2.05) is 24.3 Å². The molecule has 0 fully saturated rings. The number of hydrogen-bond donors (Lipinski definition) is 1. The van der Waals surface area contributed by atoms with E-state index in [0.29, 0.717) is 0 Å². The highest BCUT2D eigenvalue weighted by Crippen LogP contribution is 2.22. The molecular formula is C21H24FNO3. The molecule has 0 radical (unpaired) electrons. The lowest BCUT2D eigenvalue weighted by molar-refractivity contribution is -0.142. The smallest absolute Gasteiger partial charge is 0.328 e. The van der Waals surface area contributed by atoms with Crippen LogP contribution in [-0.2, 0) is 21.4 Å². The number of halogens is 1. The van der Waals surface area contributed by atoms with E-state index in [-0.39, 0.29) is 17.4 Å². The summed E-state index contributed by atoms with van der Waals surface area (Å²) in [6.45, 7) is 6.37. The van der Waals surface area contributed by atoms with Gasteiger partial charge < -0.3 is 10.1 Å². The Bertz CT molecular complexity index is 779. The maximum Gasteiger partial charge on any atom is 0.328 e. The molecule has 0 bridgehead atoms. The summed E-state index contributed by atoms with van der Waals surface area (Å²) >= 11 is 0. The van der Waals surface area contributed by atoms with Crippen molar-refractivity contribution in [2.75, 3.05) is 7.11 Å². The Kier molecular flexibility index (Phi) is 6.14. The average molecular weight is 357 g/mol. The molecule has 0 aromatic heterocycles. The average Bonchev–Trinajstić information content (AvgIpc) is 2.60. The molecule has 2 aromatic carbocycles. The second-order valence-electron chi connectivity index (χ2n) is 7.21. The van der Waals surface area contributed by atoms with Gasteiger partial charge in [0.2, 0.25) is 0 Å². The summed E-state index contributed by atoms with van der Waals surface area (Å²) in [7, 11) is 1.27. The number of esters is 1. The molecule has 4 nitrogen and oxygen atoms in total. The molecule has 0 heterocycles. The normalized spacial score (nSPS) is 12.3. The van der Waals surface area contributed by atoms with Crippen LogP contribution in [0.25, 0.3) is 0 Å². The van der Waals surface area contributed by atoms with Crippen LogP contribution in [0.3, 0.4) is 0 Å². The molecule has 138 valence electrons. The quantitative estimate of drug-likeness (QED) is 0.831. The van der Waals surface area contributed by atoms with Crippen molar-refractivity contribution in [3.63, 3.8) is 0 Å². The van der Waals surface area contributed by atoms with Gasteiger partial charge in [-0.05, 0) is 34.7 Å². The third-order valence-corrected chi connectivity index (χ3v) is 4.14. The highest BCUT2D eigenvalue weighted by Gasteiger charge is 2.23. The van der Waals surface area contributed by atoms with Gasteiger partial charge >= 0.3 is 5.97 Å². The molecule has 1 N–H and O–H groups in total. The zero-order valence-electron chi connectivity index (χ0n) is 15.5. The van der Waals surface area contributed by atoms with Crippen LogP contribution in [0.2, 0.25) is 0 Å². The summed E-state index contributed by atoms with van der Waals surface area (Å²) < 4.78 is 18.1. The van der Waals surface area contributed by atoms with E-state index in [9.17, 15) is 14.0 Å². The van der Waals surface area contributed by atoms with E-state index in [1.165, 1.54) is 30.9 Å². The lowest BCUT2D eigenvalue weighted by Gasteiger charge is -2.20. The number of amides is 1. The number of ether oxygens (including phenoxy) is 1. The summed E-state index contributed by atoms with van der Waals surface area (Å²) in [5.41, 5.74) is 2.26. The molecule has 0 aliphatic heterocycles. The molecule has 2 aromatic rings. The van der Waals surface area contributed by atoms with Gasteiger partial charge in [0.25, 0.3) is 5.91 Å². The minimum Gasteiger partial charge on any atom is -0.467 e. The highest BCUT2D eigenvalue weighted by molar-refractivity contribution is 5.96. The maximum absolute atomic E-state index is 13.3. The molecule has 5 heteroatoms. The third kappa shape index (κ3) is 5.15. The number of methoxy groups -OCH3 is 1. The Labute approximate surface area is 153 Å². The number of carbonyl (C=O) groups excluding carboxylic acids is 2. The summed E-state index contributed by atoms with van der Waals surface area (Å²) in [6, 6.07) is 12.4. The predicted octanol–water partition coefficient (Wildman–Crippen LogP) is 3.64. The van der Waals surface area contributed by atoms with Crippen LogP contribution in [0.1, 0.15) is 42.3 Å². The van der Waals surface area contributed by atoms with Gasteiger partial charge in [-0.15, -0.1) is 0 Å². The fourth-order valence-electron chi connectivity index (χ4n) is 2.58. The Morgan fingerprint density at radius 3 is 2.31 bits per heavy atom. The first-order chi connectivity index (χ1) is 12.2. The van der Waals surface area contributed by atoms with Crippen molar-refractivity contribution in [1.82, 2.24) is 5.32 Å². The van der Waals surface area contributed by atoms with Crippen LogP contribution in [0.15, 0.2) is 48.5 Å². The first-order valence-electron chi connectivity index (χ1n) is 8.44. The van der Waals surface area contributed by atoms with Crippen molar-refractivity contribution in [2.24, 2.45) is 0 Å². The molecule has 0 aliphatic rings. The Morgan fingerprint density at radius 1 is 1.12 bits per heavy atom. The molecule has 26 heavy (non-hydrogen) atoms. The molecule has 0 spiro atoms. The standard InChI is InChI=1S/C21H24FNO3/c1-21(2,3)16-10-8-14(9-11-16)12-18(20(25)26-4)23-19(24)15-6-5-7-17(22)13-15/h5-11,13,18H,12H2,1-4H3,(H,23,24)/t18-/m0/s1. The Morgan fingerprint density at radius 2 is 1.77 bits per heavy atom. The van der Waals surface area contributed by atoms with Crippen LogP contribution >= 0.6 is 0 Å². The van der Waals surface area contributed by atoms with Gasteiger partial charge in [-0.25, -0.2) is 9.18 Å². The largest absolute Gasteiger partial charge is 0.467 e. The summed E-state index contributed by atoms with van der Waals surface area (Å²) in [5.74, 6) is -1.58. The second kappa shape index (κ2) is 8.13. The minimum atomic E-state index is -0.851. The van der Waals surface area contributed by atoms with Crippen molar-refractivity contribution in [2.45, 2.75) is 38.6 Å². The predicted molar refractivity (Wildman–Crippen MR) is 98.5 cm³/mol. The molecule has 0 saturated heterocycles. The molecule has 0 aliphatic carbocycles. The van der Waals surface area contributed by atoms with Crippen molar-refractivity contribution >= 4 is 11.9 Å². The SMILES string of the molecule is COC(=O)[C@H](Cc1ccc(C(C)(C)C)cc1)NC(=O)c1cccc(F)c1.